The molecular formula is C24H31N3O3. The average molecular weight is 410 g/mol. The monoisotopic (exact) mass is 409 g/mol. The molecule has 1 aromatic carbocycles. The van der Waals surface area contributed by atoms with Gasteiger partial charge in [-0.3, -0.25) is 0 Å². The molecule has 1 aliphatic carbocycles. The highest BCUT2D eigenvalue weighted by molar-refractivity contribution is 5.89. The minimum Gasteiger partial charge on any atom is -0.490 e. The van der Waals surface area contributed by atoms with Gasteiger partial charge in [-0.15, -0.1) is 0 Å². The van der Waals surface area contributed by atoms with Crippen LogP contribution < -0.4 is 10.1 Å². The highest BCUT2D eigenvalue weighted by Crippen LogP contribution is 2.36. The summed E-state index contributed by atoms with van der Waals surface area (Å²) >= 11 is 0. The van der Waals surface area contributed by atoms with Crippen molar-refractivity contribution in [2.24, 2.45) is 5.41 Å². The maximum Gasteiger partial charge on any atom is 0.321 e. The van der Waals surface area contributed by atoms with Crippen molar-refractivity contribution in [2.45, 2.75) is 58.5 Å². The normalized spacial score (nSPS) is 19.4. The average Bonchev–Trinajstić information content (AvgIpc) is 3.23. The molecule has 6 heteroatoms. The lowest BCUT2D eigenvalue weighted by Gasteiger charge is -2.34. The van der Waals surface area contributed by atoms with Crippen LogP contribution in [0.1, 0.15) is 57.9 Å². The highest BCUT2D eigenvalue weighted by Gasteiger charge is 2.27. The predicted octanol–water partition coefficient (Wildman–Crippen LogP) is 5.73. The number of rotatable bonds is 4. The minimum atomic E-state index is -0.108. The quantitative estimate of drug-likeness (QED) is 0.700. The van der Waals surface area contributed by atoms with Crippen molar-refractivity contribution < 1.29 is 14.1 Å². The lowest BCUT2D eigenvalue weighted by atomic mass is 9.76. The second-order valence-electron chi connectivity index (χ2n) is 9.19. The first kappa shape index (κ1) is 20.5. The van der Waals surface area contributed by atoms with Gasteiger partial charge in [-0.1, -0.05) is 42.8 Å². The zero-order valence-electron chi connectivity index (χ0n) is 17.9. The van der Waals surface area contributed by atoms with Crippen molar-refractivity contribution in [1.29, 1.82) is 0 Å². The fourth-order valence-corrected chi connectivity index (χ4v) is 4.21. The molecule has 0 atom stereocenters. The summed E-state index contributed by atoms with van der Waals surface area (Å²) in [5.74, 6) is 0.958. The number of nitrogens with one attached hydrogen (secondary N) is 1. The number of likely N-dealkylation sites (tertiary alicyclic amines) is 1. The topological polar surface area (TPSA) is 67.6 Å². The lowest BCUT2D eigenvalue weighted by Crippen LogP contribution is -2.39. The van der Waals surface area contributed by atoms with Gasteiger partial charge in [0.2, 0.25) is 0 Å². The van der Waals surface area contributed by atoms with Crippen LogP contribution in [0.25, 0.3) is 6.08 Å². The Hall–Kier alpha value is -2.76. The standard InChI is InChI=1S/C24H31N3O3/c1-24(2)10-6-21(7-11-24)30-22-5-3-4-19(15-22)14-18-8-12-27(13-9-18)23(28)26-20-16-25-29-17-20/h3-5,14-17,21H,6-13H2,1-2H3,(H,26,28). The molecule has 0 unspecified atom stereocenters. The number of anilines is 1. The van der Waals surface area contributed by atoms with Crippen LogP contribution in [0.2, 0.25) is 0 Å². The number of carbonyl (C=O) groups excluding carboxylic acids is 1. The summed E-state index contributed by atoms with van der Waals surface area (Å²) < 4.78 is 11.0. The number of ether oxygens (including phenoxy) is 1. The molecule has 2 fully saturated rings. The molecule has 2 heterocycles. The van der Waals surface area contributed by atoms with Gasteiger partial charge in [0.1, 0.15) is 17.7 Å². The molecule has 2 amide bonds. The number of carbonyl (C=O) groups is 1. The van der Waals surface area contributed by atoms with Crippen LogP contribution in [0.5, 0.6) is 5.75 Å². The number of urea groups is 1. The van der Waals surface area contributed by atoms with Crippen molar-refractivity contribution >= 4 is 17.8 Å². The van der Waals surface area contributed by atoms with E-state index in [9.17, 15) is 4.79 Å². The van der Waals surface area contributed by atoms with Gasteiger partial charge in [0.25, 0.3) is 0 Å². The predicted molar refractivity (Wildman–Crippen MR) is 117 cm³/mol. The summed E-state index contributed by atoms with van der Waals surface area (Å²) in [6.45, 7) is 6.10. The fourth-order valence-electron chi connectivity index (χ4n) is 4.21. The molecule has 0 bridgehead atoms. The molecule has 30 heavy (non-hydrogen) atoms. The second-order valence-corrected chi connectivity index (χ2v) is 9.19. The SMILES string of the molecule is CC1(C)CCC(Oc2cccc(C=C3CCN(C(=O)Nc4cnoc4)CC3)c2)CC1. The Labute approximate surface area is 178 Å². The second kappa shape index (κ2) is 8.94. The fraction of sp³-hybridized carbons (Fsp3) is 0.500. The molecule has 4 rings (SSSR count). The van der Waals surface area contributed by atoms with Crippen LogP contribution in [-0.2, 0) is 0 Å². The third kappa shape index (κ3) is 5.43. The largest absolute Gasteiger partial charge is 0.490 e. The van der Waals surface area contributed by atoms with Crippen molar-refractivity contribution in [3.63, 3.8) is 0 Å². The molecule has 0 radical (unpaired) electrons. The third-order valence-corrected chi connectivity index (χ3v) is 6.19. The Morgan fingerprint density at radius 2 is 2.03 bits per heavy atom. The Morgan fingerprint density at radius 3 is 2.73 bits per heavy atom. The first-order valence-electron chi connectivity index (χ1n) is 10.9. The van der Waals surface area contributed by atoms with Gasteiger partial charge in [0.05, 0.1) is 12.3 Å². The number of hydrogen-bond acceptors (Lipinski definition) is 4. The first-order chi connectivity index (χ1) is 14.5. The molecule has 0 spiro atoms. The molecule has 1 aliphatic heterocycles. The van der Waals surface area contributed by atoms with Gasteiger partial charge in [-0.25, -0.2) is 4.79 Å². The van der Waals surface area contributed by atoms with E-state index in [0.29, 0.717) is 30.3 Å². The van der Waals surface area contributed by atoms with Gasteiger partial charge < -0.3 is 19.5 Å². The summed E-state index contributed by atoms with van der Waals surface area (Å²) in [5.41, 5.74) is 3.56. The van der Waals surface area contributed by atoms with E-state index < -0.39 is 0 Å². The Bertz CT molecular complexity index is 869. The van der Waals surface area contributed by atoms with E-state index in [-0.39, 0.29) is 6.03 Å². The van der Waals surface area contributed by atoms with Gasteiger partial charge in [0, 0.05) is 13.1 Å². The Morgan fingerprint density at radius 1 is 1.27 bits per heavy atom. The Balaban J connectivity index is 1.30. The summed E-state index contributed by atoms with van der Waals surface area (Å²) in [4.78, 5) is 14.1. The third-order valence-electron chi connectivity index (χ3n) is 6.19. The Kier molecular flexibility index (Phi) is 6.11. The lowest BCUT2D eigenvalue weighted by molar-refractivity contribution is 0.0987. The summed E-state index contributed by atoms with van der Waals surface area (Å²) in [6, 6.07) is 8.27. The van der Waals surface area contributed by atoms with Gasteiger partial charge in [-0.05, 0) is 61.6 Å². The summed E-state index contributed by atoms with van der Waals surface area (Å²) in [7, 11) is 0. The molecule has 1 N–H and O–H groups in total. The summed E-state index contributed by atoms with van der Waals surface area (Å²) in [6.07, 6.45) is 12.0. The maximum atomic E-state index is 12.3. The van der Waals surface area contributed by atoms with Crippen molar-refractivity contribution in [3.8, 4) is 5.75 Å². The number of aromatic nitrogens is 1. The molecule has 2 aromatic rings. The van der Waals surface area contributed by atoms with Crippen LogP contribution in [0.3, 0.4) is 0 Å². The molecule has 1 saturated carbocycles. The van der Waals surface area contributed by atoms with E-state index in [2.05, 4.69) is 54.7 Å². The van der Waals surface area contributed by atoms with Crippen molar-refractivity contribution in [3.05, 3.63) is 47.9 Å². The first-order valence-corrected chi connectivity index (χ1v) is 10.9. The van der Waals surface area contributed by atoms with E-state index in [1.165, 1.54) is 36.4 Å². The molecule has 160 valence electrons. The van der Waals surface area contributed by atoms with E-state index in [0.717, 1.165) is 31.4 Å². The molecule has 1 aromatic heterocycles. The number of benzene rings is 1. The van der Waals surface area contributed by atoms with Gasteiger partial charge in [-0.2, -0.15) is 0 Å². The molecule has 2 aliphatic rings. The highest BCUT2D eigenvalue weighted by atomic mass is 16.5. The minimum absolute atomic E-state index is 0.108. The molecule has 1 saturated heterocycles. The van der Waals surface area contributed by atoms with Gasteiger partial charge in [0.15, 0.2) is 0 Å². The number of amides is 2. The van der Waals surface area contributed by atoms with E-state index >= 15 is 0 Å². The molecule has 6 nitrogen and oxygen atoms in total. The van der Waals surface area contributed by atoms with Gasteiger partial charge >= 0.3 is 6.03 Å². The van der Waals surface area contributed by atoms with E-state index in [1.807, 2.05) is 4.90 Å². The van der Waals surface area contributed by atoms with Crippen LogP contribution in [0, 0.1) is 5.41 Å². The van der Waals surface area contributed by atoms with Crippen LogP contribution in [0.15, 0.2) is 46.8 Å². The zero-order chi connectivity index (χ0) is 21.0. The van der Waals surface area contributed by atoms with Crippen molar-refractivity contribution in [2.75, 3.05) is 18.4 Å². The number of nitrogens with zero attached hydrogens (tertiary/aromatic N) is 2. The smallest absolute Gasteiger partial charge is 0.321 e. The zero-order valence-corrected chi connectivity index (χ0v) is 17.9. The van der Waals surface area contributed by atoms with E-state index in [4.69, 9.17) is 9.26 Å². The maximum absolute atomic E-state index is 12.3. The summed E-state index contributed by atoms with van der Waals surface area (Å²) in [5, 5.41) is 6.40. The number of piperidine rings is 1. The van der Waals surface area contributed by atoms with Crippen LogP contribution in [0.4, 0.5) is 10.5 Å². The van der Waals surface area contributed by atoms with Crippen molar-refractivity contribution in [1.82, 2.24) is 10.1 Å². The molecular weight excluding hydrogens is 378 g/mol. The van der Waals surface area contributed by atoms with Crippen LogP contribution in [-0.4, -0.2) is 35.3 Å². The van der Waals surface area contributed by atoms with Crippen LogP contribution >= 0.6 is 0 Å². The number of hydrogen-bond donors (Lipinski definition) is 1. The van der Waals surface area contributed by atoms with E-state index in [1.54, 1.807) is 0 Å².